The number of hydrogen-bond acceptors (Lipinski definition) is 2. The summed E-state index contributed by atoms with van der Waals surface area (Å²) in [7, 11) is 0. The second-order valence-electron chi connectivity index (χ2n) is 18.8. The van der Waals surface area contributed by atoms with Crippen molar-refractivity contribution in [3.8, 4) is 50.2 Å². The zero-order valence-electron chi connectivity index (χ0n) is 38.1. The average Bonchev–Trinajstić information content (AvgIpc) is 4.09. The summed E-state index contributed by atoms with van der Waals surface area (Å²) in [5.41, 5.74) is 21.7. The topological polar surface area (TPSA) is 8.17 Å². The number of thiophene rings is 1. The summed E-state index contributed by atoms with van der Waals surface area (Å²) in [6.07, 6.45) is 0. The van der Waals surface area contributed by atoms with Crippen molar-refractivity contribution >= 4 is 70.4 Å². The van der Waals surface area contributed by atoms with Crippen LogP contribution in [0.4, 0.5) is 17.1 Å². The first kappa shape index (κ1) is 39.3. The molecule has 1 aliphatic carbocycles. The number of anilines is 3. The Morgan fingerprint density at radius 2 is 0.814 bits per heavy atom. The molecule has 0 amide bonds. The fourth-order valence-corrected chi connectivity index (χ4v) is 13.4. The van der Waals surface area contributed by atoms with E-state index < -0.39 is 5.41 Å². The molecule has 0 N–H and O–H groups in total. The molecule has 11 aromatic carbocycles. The molecular weight excluding hydrogens is 865 g/mol. The zero-order valence-corrected chi connectivity index (χ0v) is 38.9. The van der Waals surface area contributed by atoms with Crippen LogP contribution in [0.5, 0.6) is 0 Å². The summed E-state index contributed by atoms with van der Waals surface area (Å²) in [6.45, 7) is 0. The van der Waals surface area contributed by atoms with Gasteiger partial charge in [-0.15, -0.1) is 11.3 Å². The summed E-state index contributed by atoms with van der Waals surface area (Å²) in [5.74, 6) is 0. The van der Waals surface area contributed by atoms with Gasteiger partial charge in [-0.05, 0) is 127 Å². The van der Waals surface area contributed by atoms with E-state index >= 15 is 0 Å². The second-order valence-corrected chi connectivity index (χ2v) is 19.8. The predicted octanol–water partition coefficient (Wildman–Crippen LogP) is 18.3. The lowest BCUT2D eigenvalue weighted by Gasteiger charge is -2.40. The molecular formula is C67H42N2S. The first-order chi connectivity index (χ1) is 34.7. The fourth-order valence-electron chi connectivity index (χ4n) is 12.2. The Bertz CT molecular complexity index is 4070. The van der Waals surface area contributed by atoms with Crippen molar-refractivity contribution in [1.82, 2.24) is 4.57 Å². The first-order valence-electron chi connectivity index (χ1n) is 24.2. The molecule has 0 atom stereocenters. The van der Waals surface area contributed by atoms with Gasteiger partial charge in [-0.25, -0.2) is 0 Å². The van der Waals surface area contributed by atoms with Crippen LogP contribution in [0, 0.1) is 0 Å². The SMILES string of the molecule is c1ccc(-c2ccc(N(c3ccc(-c4ccccc4)cc3)c3ccc(-c4ccc5c(c4)-n4c6ccccc6c6c7sc8ccccc8c7cc(c64)C54c5ccccc5-c5ccccc54)cc3)cc2)cc1. The minimum atomic E-state index is -0.530. The van der Waals surface area contributed by atoms with Crippen LogP contribution < -0.4 is 4.90 Å². The molecule has 2 nitrogen and oxygen atoms in total. The van der Waals surface area contributed by atoms with E-state index in [2.05, 4.69) is 264 Å². The van der Waals surface area contributed by atoms with Crippen molar-refractivity contribution in [3.05, 3.63) is 277 Å². The molecule has 326 valence electrons. The molecule has 3 heterocycles. The van der Waals surface area contributed by atoms with E-state index in [1.54, 1.807) is 0 Å². The van der Waals surface area contributed by atoms with Gasteiger partial charge in [0.15, 0.2) is 0 Å². The molecule has 0 saturated heterocycles. The number of fused-ring (bicyclic) bond motifs is 16. The minimum Gasteiger partial charge on any atom is -0.311 e. The van der Waals surface area contributed by atoms with Crippen LogP contribution in [0.1, 0.15) is 22.3 Å². The third-order valence-electron chi connectivity index (χ3n) is 15.2. The smallest absolute Gasteiger partial charge is 0.0754 e. The predicted molar refractivity (Wildman–Crippen MR) is 296 cm³/mol. The largest absolute Gasteiger partial charge is 0.311 e. The summed E-state index contributed by atoms with van der Waals surface area (Å²) in [5, 5.41) is 5.30. The Balaban J connectivity index is 0.927. The number of aromatic nitrogens is 1. The second kappa shape index (κ2) is 15.1. The van der Waals surface area contributed by atoms with E-state index in [0.29, 0.717) is 0 Å². The third-order valence-corrected chi connectivity index (χ3v) is 16.4. The van der Waals surface area contributed by atoms with E-state index in [9.17, 15) is 0 Å². The summed E-state index contributed by atoms with van der Waals surface area (Å²) < 4.78 is 5.28. The quantitative estimate of drug-likeness (QED) is 0.161. The van der Waals surface area contributed by atoms with Crippen LogP contribution in [0.3, 0.4) is 0 Å². The third kappa shape index (κ3) is 5.55. The highest BCUT2D eigenvalue weighted by Gasteiger charge is 2.51. The molecule has 0 fully saturated rings. The van der Waals surface area contributed by atoms with Gasteiger partial charge in [0, 0.05) is 48.0 Å². The Morgan fingerprint density at radius 3 is 1.41 bits per heavy atom. The number of benzene rings is 11. The average molecular weight is 907 g/mol. The van der Waals surface area contributed by atoms with Crippen molar-refractivity contribution in [2.75, 3.05) is 4.90 Å². The zero-order chi connectivity index (χ0) is 45.9. The molecule has 3 heteroatoms. The molecule has 13 aromatic rings. The van der Waals surface area contributed by atoms with E-state index in [0.717, 1.165) is 17.1 Å². The molecule has 0 bridgehead atoms. The number of para-hydroxylation sites is 1. The van der Waals surface area contributed by atoms with Gasteiger partial charge in [-0.3, -0.25) is 0 Å². The van der Waals surface area contributed by atoms with E-state index in [4.69, 9.17) is 0 Å². The Hall–Kier alpha value is -8.76. The molecule has 0 radical (unpaired) electrons. The van der Waals surface area contributed by atoms with Crippen LogP contribution in [0.15, 0.2) is 255 Å². The van der Waals surface area contributed by atoms with Crippen LogP contribution in [0.25, 0.3) is 92.2 Å². The molecule has 2 aromatic heterocycles. The normalized spacial score (nSPS) is 13.0. The monoisotopic (exact) mass is 906 g/mol. The van der Waals surface area contributed by atoms with Crippen molar-refractivity contribution < 1.29 is 0 Å². The maximum Gasteiger partial charge on any atom is 0.0754 e. The Labute approximate surface area is 410 Å². The van der Waals surface area contributed by atoms with Crippen LogP contribution >= 0.6 is 11.3 Å². The number of nitrogens with zero attached hydrogens (tertiary/aromatic N) is 2. The highest BCUT2D eigenvalue weighted by Crippen LogP contribution is 2.62. The highest BCUT2D eigenvalue weighted by molar-refractivity contribution is 7.26. The van der Waals surface area contributed by atoms with Gasteiger partial charge in [-0.1, -0.05) is 194 Å². The Morgan fingerprint density at radius 1 is 0.343 bits per heavy atom. The summed E-state index contributed by atoms with van der Waals surface area (Å²) in [4.78, 5) is 2.37. The van der Waals surface area contributed by atoms with E-state index in [1.807, 2.05) is 11.3 Å². The number of hydrogen-bond donors (Lipinski definition) is 0. The van der Waals surface area contributed by atoms with Gasteiger partial charge in [0.25, 0.3) is 0 Å². The minimum absolute atomic E-state index is 0.530. The molecule has 0 unspecified atom stereocenters. The maximum atomic E-state index is 2.60. The first-order valence-corrected chi connectivity index (χ1v) is 25.0. The highest BCUT2D eigenvalue weighted by atomic mass is 32.1. The van der Waals surface area contributed by atoms with Gasteiger partial charge >= 0.3 is 0 Å². The molecule has 2 aliphatic rings. The maximum absolute atomic E-state index is 2.60. The van der Waals surface area contributed by atoms with Crippen LogP contribution in [-0.4, -0.2) is 4.57 Å². The fraction of sp³-hybridized carbons (Fsp3) is 0.0149. The van der Waals surface area contributed by atoms with Crippen LogP contribution in [-0.2, 0) is 5.41 Å². The lowest BCUT2D eigenvalue weighted by Crippen LogP contribution is -2.33. The standard InChI is InChI=1S/C67H42N2S/c1-3-15-43(16-4-1)45-27-34-49(35-28-45)68(50-36-29-46(30-37-50)44-17-5-2-6-18-44)51-38-31-47(32-39-51)48-33-40-59-62(41-48)69-61-25-13-9-22-55(61)64-65(69)60(42-56-54-21-10-14-26-63(54)70-66(56)64)67(59)57-23-11-7-19-52(57)53-20-8-12-24-58(53)67/h1-42H. The molecule has 0 saturated carbocycles. The van der Waals surface area contributed by atoms with Gasteiger partial charge < -0.3 is 9.47 Å². The van der Waals surface area contributed by atoms with Gasteiger partial charge in [0.1, 0.15) is 0 Å². The molecule has 15 rings (SSSR count). The van der Waals surface area contributed by atoms with Crippen molar-refractivity contribution in [2.24, 2.45) is 0 Å². The lowest BCUT2D eigenvalue weighted by molar-refractivity contribution is 0.750. The molecule has 1 aliphatic heterocycles. The van der Waals surface area contributed by atoms with Gasteiger partial charge in [0.2, 0.25) is 0 Å². The Kier molecular flexibility index (Phi) is 8.48. The van der Waals surface area contributed by atoms with E-state index in [1.165, 1.54) is 114 Å². The van der Waals surface area contributed by atoms with Crippen molar-refractivity contribution in [1.29, 1.82) is 0 Å². The summed E-state index contributed by atoms with van der Waals surface area (Å²) in [6, 6.07) is 94.5. The molecule has 1 spiro atoms. The summed E-state index contributed by atoms with van der Waals surface area (Å²) >= 11 is 1.93. The van der Waals surface area contributed by atoms with Crippen molar-refractivity contribution in [2.45, 2.75) is 5.41 Å². The van der Waals surface area contributed by atoms with Gasteiger partial charge in [-0.2, -0.15) is 0 Å². The molecule has 70 heavy (non-hydrogen) atoms. The van der Waals surface area contributed by atoms with Gasteiger partial charge in [0.05, 0.1) is 22.1 Å². The van der Waals surface area contributed by atoms with Crippen molar-refractivity contribution in [3.63, 3.8) is 0 Å². The lowest BCUT2D eigenvalue weighted by atomic mass is 9.65. The van der Waals surface area contributed by atoms with Crippen LogP contribution in [0.2, 0.25) is 0 Å². The van der Waals surface area contributed by atoms with E-state index in [-0.39, 0.29) is 0 Å². The number of rotatable bonds is 6.